The number of carbonyl (C=O) groups excluding carboxylic acids is 2. The van der Waals surface area contributed by atoms with Gasteiger partial charge in [0.1, 0.15) is 5.82 Å². The van der Waals surface area contributed by atoms with Crippen molar-refractivity contribution in [1.29, 1.82) is 0 Å². The maximum atomic E-state index is 15.1. The molecule has 38 heavy (non-hydrogen) atoms. The number of pyridine rings is 1. The second-order valence-corrected chi connectivity index (χ2v) is 9.48. The van der Waals surface area contributed by atoms with E-state index >= 15 is 4.39 Å². The number of benzene rings is 1. The van der Waals surface area contributed by atoms with Gasteiger partial charge in [-0.15, -0.1) is 0 Å². The number of nitrogens with zero attached hydrogens (tertiary/aromatic N) is 4. The highest BCUT2D eigenvalue weighted by Gasteiger charge is 2.26. The highest BCUT2D eigenvalue weighted by molar-refractivity contribution is 6.00. The highest BCUT2D eigenvalue weighted by Crippen LogP contribution is 2.33. The number of rotatable bonds is 8. The van der Waals surface area contributed by atoms with Gasteiger partial charge in [0.15, 0.2) is 17.4 Å². The van der Waals surface area contributed by atoms with Crippen molar-refractivity contribution in [2.24, 2.45) is 0 Å². The van der Waals surface area contributed by atoms with E-state index in [4.69, 9.17) is 4.42 Å². The number of likely N-dealkylation sites (tertiary alicyclic amines) is 1. The Morgan fingerprint density at radius 1 is 1.32 bits per heavy atom. The number of carbonyl (C=O) groups is 2. The molecule has 1 aromatic carbocycles. The molecule has 1 aliphatic rings. The molecular formula is C27H28FN7O3. The number of oxazole rings is 1. The van der Waals surface area contributed by atoms with E-state index in [1.807, 2.05) is 13.8 Å². The quantitative estimate of drug-likeness (QED) is 0.301. The molecule has 4 heterocycles. The Hall–Kier alpha value is -4.54. The Labute approximate surface area is 218 Å². The lowest BCUT2D eigenvalue weighted by Crippen LogP contribution is -2.30. The predicted molar refractivity (Wildman–Crippen MR) is 140 cm³/mol. The molecule has 0 unspecified atom stereocenters. The van der Waals surface area contributed by atoms with E-state index in [-0.39, 0.29) is 30.2 Å². The summed E-state index contributed by atoms with van der Waals surface area (Å²) in [6.07, 6.45) is 5.09. The van der Waals surface area contributed by atoms with Crippen LogP contribution in [0.15, 0.2) is 53.7 Å². The number of aromatic amines is 1. The van der Waals surface area contributed by atoms with Gasteiger partial charge < -0.3 is 20.0 Å². The SMILES string of the molecule is C=CC(=O)N1CC[C@@H](Nc2n[nH]c3nccc(-c4ccc(CNC(=O)c5cnc(C(C)C)o5)c(F)c4)c23)C1. The molecule has 1 fully saturated rings. The molecule has 3 N–H and O–H groups in total. The van der Waals surface area contributed by atoms with Crippen LogP contribution in [0.4, 0.5) is 10.2 Å². The van der Waals surface area contributed by atoms with E-state index in [2.05, 4.69) is 37.4 Å². The summed E-state index contributed by atoms with van der Waals surface area (Å²) in [5.74, 6) is 0.184. The molecule has 3 aromatic heterocycles. The third kappa shape index (κ3) is 4.99. The van der Waals surface area contributed by atoms with Crippen LogP contribution in [0.2, 0.25) is 0 Å². The first kappa shape index (κ1) is 25.1. The van der Waals surface area contributed by atoms with Gasteiger partial charge in [0.25, 0.3) is 5.91 Å². The zero-order valence-electron chi connectivity index (χ0n) is 21.1. The fraction of sp³-hybridized carbons (Fsp3) is 0.296. The Morgan fingerprint density at radius 2 is 2.16 bits per heavy atom. The maximum absolute atomic E-state index is 15.1. The van der Waals surface area contributed by atoms with E-state index < -0.39 is 11.7 Å². The van der Waals surface area contributed by atoms with Crippen LogP contribution in [-0.2, 0) is 11.3 Å². The summed E-state index contributed by atoms with van der Waals surface area (Å²) in [7, 11) is 0. The van der Waals surface area contributed by atoms with Gasteiger partial charge in [0.2, 0.25) is 11.7 Å². The first-order chi connectivity index (χ1) is 18.3. The standard InChI is InChI=1S/C27H28FN7O3/c1-4-22(36)35-10-8-18(14-35)32-25-23-19(7-9-29-24(23)33-34-25)16-5-6-17(20(28)11-16)12-30-26(37)21-13-31-27(38-21)15(2)3/h4-7,9,11,13,15,18H,1,8,10,12,14H2,2-3H3,(H,30,37)(H2,29,32,33,34)/t18-/m1/s1. The minimum absolute atomic E-state index is 0.00542. The van der Waals surface area contributed by atoms with Crippen molar-refractivity contribution in [3.8, 4) is 11.1 Å². The average molecular weight is 518 g/mol. The molecule has 0 spiro atoms. The molecule has 4 aromatic rings. The molecule has 11 heteroatoms. The van der Waals surface area contributed by atoms with Crippen molar-refractivity contribution in [3.63, 3.8) is 0 Å². The number of anilines is 1. The molecule has 196 valence electrons. The van der Waals surface area contributed by atoms with E-state index in [0.29, 0.717) is 41.6 Å². The first-order valence-corrected chi connectivity index (χ1v) is 12.4. The second kappa shape index (κ2) is 10.4. The summed E-state index contributed by atoms with van der Waals surface area (Å²) in [6, 6.07) is 6.68. The monoisotopic (exact) mass is 517 g/mol. The molecule has 1 saturated heterocycles. The van der Waals surface area contributed by atoms with Gasteiger partial charge >= 0.3 is 0 Å². The van der Waals surface area contributed by atoms with Crippen molar-refractivity contribution in [1.82, 2.24) is 30.4 Å². The third-order valence-electron chi connectivity index (χ3n) is 6.52. The van der Waals surface area contributed by atoms with Crippen molar-refractivity contribution in [2.75, 3.05) is 18.4 Å². The molecule has 0 aliphatic carbocycles. The van der Waals surface area contributed by atoms with Crippen molar-refractivity contribution in [2.45, 2.75) is 38.8 Å². The van der Waals surface area contributed by atoms with Crippen LogP contribution < -0.4 is 10.6 Å². The fourth-order valence-corrected chi connectivity index (χ4v) is 4.48. The normalized spacial score (nSPS) is 15.3. The molecule has 0 saturated carbocycles. The fourth-order valence-electron chi connectivity index (χ4n) is 4.48. The van der Waals surface area contributed by atoms with Crippen LogP contribution in [0.3, 0.4) is 0 Å². The van der Waals surface area contributed by atoms with E-state index in [1.165, 1.54) is 18.3 Å². The van der Waals surface area contributed by atoms with Crippen LogP contribution in [0, 0.1) is 5.82 Å². The first-order valence-electron chi connectivity index (χ1n) is 12.4. The van der Waals surface area contributed by atoms with Crippen LogP contribution in [0.1, 0.15) is 48.2 Å². The summed E-state index contributed by atoms with van der Waals surface area (Å²) in [4.78, 5) is 34.5. The summed E-state index contributed by atoms with van der Waals surface area (Å²) in [5.41, 5.74) is 2.29. The topological polar surface area (TPSA) is 129 Å². The van der Waals surface area contributed by atoms with Crippen LogP contribution >= 0.6 is 0 Å². The molecule has 10 nitrogen and oxygen atoms in total. The van der Waals surface area contributed by atoms with E-state index in [9.17, 15) is 9.59 Å². The van der Waals surface area contributed by atoms with Crippen LogP contribution in [0.25, 0.3) is 22.2 Å². The Morgan fingerprint density at radius 3 is 2.89 bits per heavy atom. The van der Waals surface area contributed by atoms with Crippen molar-refractivity contribution < 1.29 is 18.4 Å². The Bertz CT molecular complexity index is 1510. The van der Waals surface area contributed by atoms with Gasteiger partial charge in [-0.25, -0.2) is 14.4 Å². The molecule has 0 radical (unpaired) electrons. The third-order valence-corrected chi connectivity index (χ3v) is 6.52. The van der Waals surface area contributed by atoms with Crippen molar-refractivity contribution >= 4 is 28.7 Å². The largest absolute Gasteiger partial charge is 0.435 e. The molecule has 2 amide bonds. The number of amides is 2. The van der Waals surface area contributed by atoms with E-state index in [1.54, 1.807) is 29.3 Å². The van der Waals surface area contributed by atoms with Gasteiger partial charge in [-0.3, -0.25) is 14.7 Å². The molecule has 5 rings (SSSR count). The molecule has 1 aliphatic heterocycles. The average Bonchev–Trinajstić information content (AvgIpc) is 3.68. The lowest BCUT2D eigenvalue weighted by molar-refractivity contribution is -0.125. The lowest BCUT2D eigenvalue weighted by Gasteiger charge is -2.15. The number of hydrogen-bond donors (Lipinski definition) is 3. The lowest BCUT2D eigenvalue weighted by atomic mass is 10.0. The number of nitrogens with one attached hydrogen (secondary N) is 3. The summed E-state index contributed by atoms with van der Waals surface area (Å²) in [5, 5.41) is 14.1. The highest BCUT2D eigenvalue weighted by atomic mass is 19.1. The molecule has 0 bridgehead atoms. The van der Waals surface area contributed by atoms with Crippen molar-refractivity contribution in [3.05, 3.63) is 72.3 Å². The summed E-state index contributed by atoms with van der Waals surface area (Å²) < 4.78 is 20.6. The number of H-pyrrole nitrogens is 1. The second-order valence-electron chi connectivity index (χ2n) is 9.48. The summed E-state index contributed by atoms with van der Waals surface area (Å²) >= 11 is 0. The Kier molecular flexibility index (Phi) is 6.91. The van der Waals surface area contributed by atoms with Gasteiger partial charge in [-0.05, 0) is 35.8 Å². The molecule has 1 atom stereocenters. The number of fused-ring (bicyclic) bond motifs is 1. The number of halogens is 1. The smallest absolute Gasteiger partial charge is 0.288 e. The van der Waals surface area contributed by atoms with Gasteiger partial charge in [-0.2, -0.15) is 5.10 Å². The Balaban J connectivity index is 1.33. The van der Waals surface area contributed by atoms with Gasteiger partial charge in [0.05, 0.1) is 11.6 Å². The minimum Gasteiger partial charge on any atom is -0.435 e. The maximum Gasteiger partial charge on any atom is 0.288 e. The minimum atomic E-state index is -0.460. The van der Waals surface area contributed by atoms with Gasteiger partial charge in [0, 0.05) is 43.4 Å². The number of hydrogen-bond acceptors (Lipinski definition) is 7. The van der Waals surface area contributed by atoms with Gasteiger partial charge in [-0.1, -0.05) is 32.6 Å². The zero-order chi connectivity index (χ0) is 26.8. The van der Waals surface area contributed by atoms with E-state index in [0.717, 1.165) is 17.4 Å². The summed E-state index contributed by atoms with van der Waals surface area (Å²) in [6.45, 7) is 8.55. The number of aromatic nitrogens is 4. The van der Waals surface area contributed by atoms with Crippen LogP contribution in [0.5, 0.6) is 0 Å². The predicted octanol–water partition coefficient (Wildman–Crippen LogP) is 4.00. The van der Waals surface area contributed by atoms with Crippen LogP contribution in [-0.4, -0.2) is 56.0 Å². The molecular weight excluding hydrogens is 489 g/mol. The zero-order valence-corrected chi connectivity index (χ0v) is 21.1.